The van der Waals surface area contributed by atoms with Crippen molar-refractivity contribution in [2.24, 2.45) is 0 Å². The molecule has 2 aromatic rings. The van der Waals surface area contributed by atoms with Gasteiger partial charge in [0.05, 0.1) is 22.7 Å². The molecule has 2 rings (SSSR count). The number of carbonyl (C=O) groups is 1. The maximum absolute atomic E-state index is 13.2. The molecule has 0 aliphatic rings. The average Bonchev–Trinajstić information content (AvgIpc) is 2.46. The standard InChI is InChI=1S/C15H11Cl2FO3/c1-20-14-6-5-9(18)7-10(14)13(19)8-21-15-11(16)3-2-4-12(15)17/h2-7H,8H2,1H3. The molecule has 0 radical (unpaired) electrons. The van der Waals surface area contributed by atoms with E-state index in [1.165, 1.54) is 19.2 Å². The Balaban J connectivity index is 2.17. The predicted molar refractivity (Wildman–Crippen MR) is 79.2 cm³/mol. The van der Waals surface area contributed by atoms with E-state index in [2.05, 4.69) is 0 Å². The van der Waals surface area contributed by atoms with Crippen LogP contribution in [0.1, 0.15) is 10.4 Å². The van der Waals surface area contributed by atoms with E-state index in [1.807, 2.05) is 0 Å². The van der Waals surface area contributed by atoms with Crippen LogP contribution >= 0.6 is 23.2 Å². The van der Waals surface area contributed by atoms with Crippen LogP contribution in [0.25, 0.3) is 0 Å². The van der Waals surface area contributed by atoms with Gasteiger partial charge in [-0.15, -0.1) is 0 Å². The van der Waals surface area contributed by atoms with Crippen LogP contribution in [0.15, 0.2) is 36.4 Å². The van der Waals surface area contributed by atoms with Crippen LogP contribution in [-0.4, -0.2) is 19.5 Å². The molecule has 0 amide bonds. The third-order valence-corrected chi connectivity index (χ3v) is 3.32. The second-order valence-electron chi connectivity index (χ2n) is 4.11. The summed E-state index contributed by atoms with van der Waals surface area (Å²) in [6.45, 7) is -0.330. The Bertz CT molecular complexity index is 654. The summed E-state index contributed by atoms with van der Waals surface area (Å²) in [5, 5.41) is 0.586. The number of rotatable bonds is 5. The molecule has 0 saturated carbocycles. The topological polar surface area (TPSA) is 35.5 Å². The van der Waals surface area contributed by atoms with E-state index in [0.29, 0.717) is 10.0 Å². The number of Topliss-reactive ketones (excluding diaryl/α,β-unsaturated/α-hetero) is 1. The molecule has 0 aliphatic carbocycles. The Kier molecular flexibility index (Phi) is 5.04. The van der Waals surface area contributed by atoms with E-state index in [9.17, 15) is 9.18 Å². The third kappa shape index (κ3) is 3.65. The molecule has 0 spiro atoms. The second kappa shape index (κ2) is 6.78. The molecule has 0 aromatic heterocycles. The van der Waals surface area contributed by atoms with E-state index in [4.69, 9.17) is 32.7 Å². The summed E-state index contributed by atoms with van der Waals surface area (Å²) in [5.41, 5.74) is 0.0978. The number of ketones is 1. The van der Waals surface area contributed by atoms with Crippen molar-refractivity contribution in [2.45, 2.75) is 0 Å². The molecule has 110 valence electrons. The molecule has 0 heterocycles. The Morgan fingerprint density at radius 1 is 1.19 bits per heavy atom. The number of hydrogen-bond donors (Lipinski definition) is 0. The molecule has 0 N–H and O–H groups in total. The lowest BCUT2D eigenvalue weighted by molar-refractivity contribution is 0.0918. The molecule has 21 heavy (non-hydrogen) atoms. The van der Waals surface area contributed by atoms with Crippen molar-refractivity contribution in [3.63, 3.8) is 0 Å². The van der Waals surface area contributed by atoms with E-state index in [-0.39, 0.29) is 23.7 Å². The Hall–Kier alpha value is -1.78. The first-order valence-electron chi connectivity index (χ1n) is 5.96. The lowest BCUT2D eigenvalue weighted by Crippen LogP contribution is -2.13. The van der Waals surface area contributed by atoms with Crippen molar-refractivity contribution in [3.8, 4) is 11.5 Å². The van der Waals surface area contributed by atoms with Gasteiger partial charge in [-0.25, -0.2) is 4.39 Å². The summed E-state index contributed by atoms with van der Waals surface area (Å²) in [4.78, 5) is 12.1. The van der Waals surface area contributed by atoms with Gasteiger partial charge in [-0.2, -0.15) is 0 Å². The molecule has 0 fully saturated rings. The molecule has 3 nitrogen and oxygen atoms in total. The zero-order chi connectivity index (χ0) is 15.4. The first kappa shape index (κ1) is 15.6. The van der Waals surface area contributed by atoms with Gasteiger partial charge in [0.1, 0.15) is 11.6 Å². The Morgan fingerprint density at radius 2 is 1.86 bits per heavy atom. The molecule has 0 aliphatic heterocycles. The fraction of sp³-hybridized carbons (Fsp3) is 0.133. The smallest absolute Gasteiger partial charge is 0.204 e. The fourth-order valence-electron chi connectivity index (χ4n) is 1.73. The van der Waals surface area contributed by atoms with Gasteiger partial charge in [-0.05, 0) is 30.3 Å². The van der Waals surface area contributed by atoms with Crippen LogP contribution in [0.2, 0.25) is 10.0 Å². The van der Waals surface area contributed by atoms with Gasteiger partial charge in [0, 0.05) is 0 Å². The van der Waals surface area contributed by atoms with Gasteiger partial charge < -0.3 is 9.47 Å². The number of ether oxygens (including phenoxy) is 2. The van der Waals surface area contributed by atoms with Crippen molar-refractivity contribution >= 4 is 29.0 Å². The van der Waals surface area contributed by atoms with Crippen molar-refractivity contribution in [3.05, 3.63) is 57.8 Å². The zero-order valence-electron chi connectivity index (χ0n) is 11.0. The molecule has 2 aromatic carbocycles. The maximum atomic E-state index is 13.2. The summed E-state index contributed by atoms with van der Waals surface area (Å²) in [5.74, 6) is -0.489. The quantitative estimate of drug-likeness (QED) is 0.763. The summed E-state index contributed by atoms with van der Waals surface area (Å²) in [6.07, 6.45) is 0. The summed E-state index contributed by atoms with van der Waals surface area (Å²) >= 11 is 11.9. The zero-order valence-corrected chi connectivity index (χ0v) is 12.5. The highest BCUT2D eigenvalue weighted by molar-refractivity contribution is 6.37. The molecule has 6 heteroatoms. The Morgan fingerprint density at radius 3 is 2.48 bits per heavy atom. The number of halogens is 3. The highest BCUT2D eigenvalue weighted by Gasteiger charge is 2.16. The number of methoxy groups -OCH3 is 1. The van der Waals surface area contributed by atoms with Crippen LogP contribution in [-0.2, 0) is 0 Å². The second-order valence-corrected chi connectivity index (χ2v) is 4.92. The van der Waals surface area contributed by atoms with Gasteiger partial charge >= 0.3 is 0 Å². The minimum atomic E-state index is -0.532. The van der Waals surface area contributed by atoms with Crippen molar-refractivity contribution < 1.29 is 18.7 Å². The predicted octanol–water partition coefficient (Wildman–Crippen LogP) is 4.40. The van der Waals surface area contributed by atoms with E-state index >= 15 is 0 Å². The number of hydrogen-bond acceptors (Lipinski definition) is 3. The minimum absolute atomic E-state index is 0.0978. The van der Waals surface area contributed by atoms with Crippen molar-refractivity contribution in [1.82, 2.24) is 0 Å². The monoisotopic (exact) mass is 328 g/mol. The largest absolute Gasteiger partial charge is 0.496 e. The van der Waals surface area contributed by atoms with Crippen LogP contribution in [0.4, 0.5) is 4.39 Å². The van der Waals surface area contributed by atoms with Gasteiger partial charge in [0.25, 0.3) is 0 Å². The SMILES string of the molecule is COc1ccc(F)cc1C(=O)COc1c(Cl)cccc1Cl. The van der Waals surface area contributed by atoms with Crippen molar-refractivity contribution in [1.29, 1.82) is 0 Å². The highest BCUT2D eigenvalue weighted by Crippen LogP contribution is 2.32. The molecular formula is C15H11Cl2FO3. The van der Waals surface area contributed by atoms with E-state index in [0.717, 1.165) is 6.07 Å². The van der Waals surface area contributed by atoms with E-state index in [1.54, 1.807) is 18.2 Å². The van der Waals surface area contributed by atoms with Crippen LogP contribution in [0, 0.1) is 5.82 Å². The van der Waals surface area contributed by atoms with Crippen molar-refractivity contribution in [2.75, 3.05) is 13.7 Å². The van der Waals surface area contributed by atoms with Gasteiger partial charge in [0.15, 0.2) is 12.4 Å². The third-order valence-electron chi connectivity index (χ3n) is 2.73. The van der Waals surface area contributed by atoms with Crippen LogP contribution in [0.5, 0.6) is 11.5 Å². The van der Waals surface area contributed by atoms with Crippen LogP contribution < -0.4 is 9.47 Å². The number of carbonyl (C=O) groups excluding carboxylic acids is 1. The molecular weight excluding hydrogens is 318 g/mol. The molecule has 0 bridgehead atoms. The summed E-state index contributed by atoms with van der Waals surface area (Å²) in [7, 11) is 1.40. The van der Waals surface area contributed by atoms with Gasteiger partial charge in [0.2, 0.25) is 5.78 Å². The number of para-hydroxylation sites is 1. The minimum Gasteiger partial charge on any atom is -0.496 e. The normalized spacial score (nSPS) is 10.3. The van der Waals surface area contributed by atoms with Gasteiger partial charge in [-0.3, -0.25) is 4.79 Å². The summed E-state index contributed by atoms with van der Waals surface area (Å²) < 4.78 is 23.6. The first-order chi connectivity index (χ1) is 10.0. The van der Waals surface area contributed by atoms with E-state index < -0.39 is 11.6 Å². The first-order valence-corrected chi connectivity index (χ1v) is 6.72. The number of benzene rings is 2. The fourth-order valence-corrected chi connectivity index (χ4v) is 2.24. The average molecular weight is 329 g/mol. The lowest BCUT2D eigenvalue weighted by atomic mass is 10.1. The van der Waals surface area contributed by atoms with Gasteiger partial charge in [-0.1, -0.05) is 29.3 Å². The Labute approximate surface area is 131 Å². The maximum Gasteiger partial charge on any atom is 0.204 e. The lowest BCUT2D eigenvalue weighted by Gasteiger charge is -2.11. The highest BCUT2D eigenvalue weighted by atomic mass is 35.5. The molecule has 0 saturated heterocycles. The summed E-state index contributed by atoms with van der Waals surface area (Å²) in [6, 6.07) is 8.53. The molecule has 0 unspecified atom stereocenters. The van der Waals surface area contributed by atoms with Crippen LogP contribution in [0.3, 0.4) is 0 Å². The molecule has 0 atom stereocenters.